The Balaban J connectivity index is 2.60. The first kappa shape index (κ1) is 16.5. The van der Waals surface area contributed by atoms with Crippen LogP contribution in [0.3, 0.4) is 0 Å². The molecule has 22 heavy (non-hydrogen) atoms. The third-order valence-electron chi connectivity index (χ3n) is 3.95. The number of aryl methyl sites for hydroxylation is 2. The number of pyridine rings is 1. The van der Waals surface area contributed by atoms with Gasteiger partial charge in [-0.1, -0.05) is 29.8 Å². The Hall–Kier alpha value is -1.91. The summed E-state index contributed by atoms with van der Waals surface area (Å²) in [7, 11) is 4.02. The minimum absolute atomic E-state index is 0.0277. The van der Waals surface area contributed by atoms with Crippen LogP contribution in [-0.4, -0.2) is 30.1 Å². The molecule has 0 unspecified atom stereocenters. The minimum Gasteiger partial charge on any atom is -0.326 e. The standard InChI is InChI=1S/C18H25N3O/c1-13-5-7-15(8-6-13)17-11-14(2)16(12-19)18(22)21(17)10-9-20(3)4/h5-8,11H,9-10,12,19H2,1-4H3. The first-order valence-electron chi connectivity index (χ1n) is 7.59. The maximum atomic E-state index is 12.8. The van der Waals surface area contributed by atoms with Crippen LogP contribution in [0.4, 0.5) is 0 Å². The van der Waals surface area contributed by atoms with Gasteiger partial charge in [-0.05, 0) is 45.1 Å². The fourth-order valence-electron chi connectivity index (χ4n) is 2.54. The van der Waals surface area contributed by atoms with E-state index < -0.39 is 0 Å². The number of likely N-dealkylation sites (N-methyl/N-ethyl adjacent to an activating group) is 1. The van der Waals surface area contributed by atoms with Crippen LogP contribution in [-0.2, 0) is 13.1 Å². The number of benzene rings is 1. The zero-order valence-electron chi connectivity index (χ0n) is 13.9. The molecule has 118 valence electrons. The summed E-state index contributed by atoms with van der Waals surface area (Å²) in [6.07, 6.45) is 0. The summed E-state index contributed by atoms with van der Waals surface area (Å²) in [6, 6.07) is 10.4. The van der Waals surface area contributed by atoms with Crippen molar-refractivity contribution in [2.75, 3.05) is 20.6 Å². The van der Waals surface area contributed by atoms with Gasteiger partial charge in [-0.3, -0.25) is 4.79 Å². The lowest BCUT2D eigenvalue weighted by Crippen LogP contribution is -2.31. The van der Waals surface area contributed by atoms with Crippen molar-refractivity contribution in [1.29, 1.82) is 0 Å². The molecule has 0 fully saturated rings. The van der Waals surface area contributed by atoms with Crippen LogP contribution in [0.5, 0.6) is 0 Å². The molecule has 0 bridgehead atoms. The molecule has 1 aromatic heterocycles. The maximum absolute atomic E-state index is 12.8. The number of hydrogen-bond acceptors (Lipinski definition) is 3. The van der Waals surface area contributed by atoms with Crippen LogP contribution in [0, 0.1) is 13.8 Å². The molecule has 0 atom stereocenters. The number of rotatable bonds is 5. The minimum atomic E-state index is 0.0277. The van der Waals surface area contributed by atoms with Gasteiger partial charge in [0.25, 0.3) is 5.56 Å². The van der Waals surface area contributed by atoms with Gasteiger partial charge in [-0.2, -0.15) is 0 Å². The second-order valence-electron chi connectivity index (χ2n) is 6.02. The zero-order valence-corrected chi connectivity index (χ0v) is 13.9. The Labute approximate surface area is 132 Å². The predicted octanol–water partition coefficient (Wildman–Crippen LogP) is 2.15. The summed E-state index contributed by atoms with van der Waals surface area (Å²) in [5.74, 6) is 0. The normalized spacial score (nSPS) is 11.2. The van der Waals surface area contributed by atoms with Gasteiger partial charge in [0.2, 0.25) is 0 Å². The van der Waals surface area contributed by atoms with Gasteiger partial charge in [0.05, 0.1) is 5.69 Å². The number of hydrogen-bond donors (Lipinski definition) is 1. The van der Waals surface area contributed by atoms with Crippen molar-refractivity contribution >= 4 is 0 Å². The van der Waals surface area contributed by atoms with E-state index in [0.29, 0.717) is 12.1 Å². The van der Waals surface area contributed by atoms with E-state index in [4.69, 9.17) is 5.73 Å². The van der Waals surface area contributed by atoms with Crippen LogP contribution in [0.15, 0.2) is 35.1 Å². The van der Waals surface area contributed by atoms with Crippen molar-refractivity contribution in [3.8, 4) is 11.3 Å². The van der Waals surface area contributed by atoms with Gasteiger partial charge in [0.1, 0.15) is 0 Å². The highest BCUT2D eigenvalue weighted by molar-refractivity contribution is 5.61. The molecule has 4 heteroatoms. The highest BCUT2D eigenvalue weighted by atomic mass is 16.1. The van der Waals surface area contributed by atoms with E-state index in [1.54, 1.807) is 0 Å². The highest BCUT2D eigenvalue weighted by Crippen LogP contribution is 2.21. The lowest BCUT2D eigenvalue weighted by molar-refractivity contribution is 0.381. The van der Waals surface area contributed by atoms with E-state index >= 15 is 0 Å². The number of nitrogens with two attached hydrogens (primary N) is 1. The molecule has 1 aromatic carbocycles. The molecule has 0 aliphatic carbocycles. The molecular weight excluding hydrogens is 274 g/mol. The molecule has 4 nitrogen and oxygen atoms in total. The Kier molecular flexibility index (Phi) is 5.16. The fourth-order valence-corrected chi connectivity index (χ4v) is 2.54. The Morgan fingerprint density at radius 2 is 1.77 bits per heavy atom. The second kappa shape index (κ2) is 6.90. The predicted molar refractivity (Wildman–Crippen MR) is 92.1 cm³/mol. The Bertz CT molecular complexity index is 700. The largest absolute Gasteiger partial charge is 0.326 e. The summed E-state index contributed by atoms with van der Waals surface area (Å²) in [5, 5.41) is 0. The van der Waals surface area contributed by atoms with Crippen molar-refractivity contribution in [2.45, 2.75) is 26.9 Å². The molecule has 0 radical (unpaired) electrons. The van der Waals surface area contributed by atoms with Crippen LogP contribution in [0.1, 0.15) is 16.7 Å². The van der Waals surface area contributed by atoms with E-state index in [2.05, 4.69) is 42.2 Å². The lowest BCUT2D eigenvalue weighted by atomic mass is 10.0. The van der Waals surface area contributed by atoms with Crippen molar-refractivity contribution < 1.29 is 0 Å². The molecule has 2 aromatic rings. The number of nitrogens with zero attached hydrogens (tertiary/aromatic N) is 2. The Morgan fingerprint density at radius 3 is 2.32 bits per heavy atom. The van der Waals surface area contributed by atoms with Gasteiger partial charge >= 0.3 is 0 Å². The van der Waals surface area contributed by atoms with Crippen LogP contribution < -0.4 is 11.3 Å². The SMILES string of the molecule is Cc1ccc(-c2cc(C)c(CN)c(=O)n2CCN(C)C)cc1. The average Bonchev–Trinajstić information content (AvgIpc) is 2.47. The molecule has 0 saturated carbocycles. The summed E-state index contributed by atoms with van der Waals surface area (Å²) in [5.41, 5.74) is 10.7. The molecule has 1 heterocycles. The molecule has 2 N–H and O–H groups in total. The lowest BCUT2D eigenvalue weighted by Gasteiger charge is -2.18. The average molecular weight is 299 g/mol. The van der Waals surface area contributed by atoms with E-state index in [1.165, 1.54) is 5.56 Å². The highest BCUT2D eigenvalue weighted by Gasteiger charge is 2.13. The Morgan fingerprint density at radius 1 is 1.14 bits per heavy atom. The van der Waals surface area contributed by atoms with Gasteiger partial charge in [0.15, 0.2) is 0 Å². The van der Waals surface area contributed by atoms with Gasteiger partial charge in [-0.25, -0.2) is 0 Å². The molecule has 0 spiro atoms. The molecule has 2 rings (SSSR count). The summed E-state index contributed by atoms with van der Waals surface area (Å²) in [4.78, 5) is 14.8. The molecule has 0 aliphatic rings. The maximum Gasteiger partial charge on any atom is 0.255 e. The van der Waals surface area contributed by atoms with Gasteiger partial charge in [0, 0.05) is 25.2 Å². The van der Waals surface area contributed by atoms with Crippen molar-refractivity contribution in [3.63, 3.8) is 0 Å². The molecule has 0 saturated heterocycles. The third-order valence-corrected chi connectivity index (χ3v) is 3.95. The monoisotopic (exact) mass is 299 g/mol. The zero-order chi connectivity index (χ0) is 16.3. The molecular formula is C18H25N3O. The molecule has 0 amide bonds. The van der Waals surface area contributed by atoms with E-state index in [9.17, 15) is 4.79 Å². The summed E-state index contributed by atoms with van der Waals surface area (Å²) in [6.45, 7) is 5.76. The van der Waals surface area contributed by atoms with Crippen LogP contribution in [0.2, 0.25) is 0 Å². The van der Waals surface area contributed by atoms with Crippen molar-refractivity contribution in [2.24, 2.45) is 5.73 Å². The van der Waals surface area contributed by atoms with Gasteiger partial charge in [-0.15, -0.1) is 0 Å². The fraction of sp³-hybridized carbons (Fsp3) is 0.389. The molecule has 0 aliphatic heterocycles. The van der Waals surface area contributed by atoms with Crippen molar-refractivity contribution in [3.05, 3.63) is 57.4 Å². The third kappa shape index (κ3) is 3.46. The van der Waals surface area contributed by atoms with E-state index in [-0.39, 0.29) is 12.1 Å². The van der Waals surface area contributed by atoms with Crippen LogP contribution in [0.25, 0.3) is 11.3 Å². The second-order valence-corrected chi connectivity index (χ2v) is 6.02. The quantitative estimate of drug-likeness (QED) is 0.920. The van der Waals surface area contributed by atoms with Gasteiger partial charge < -0.3 is 15.2 Å². The first-order valence-corrected chi connectivity index (χ1v) is 7.59. The smallest absolute Gasteiger partial charge is 0.255 e. The van der Waals surface area contributed by atoms with E-state index in [0.717, 1.165) is 23.4 Å². The first-order chi connectivity index (χ1) is 10.4. The topological polar surface area (TPSA) is 51.3 Å². The van der Waals surface area contributed by atoms with Crippen LogP contribution >= 0.6 is 0 Å². The number of aromatic nitrogens is 1. The van der Waals surface area contributed by atoms with Crippen molar-refractivity contribution in [1.82, 2.24) is 9.47 Å². The van der Waals surface area contributed by atoms with E-state index in [1.807, 2.05) is 25.6 Å². The summed E-state index contributed by atoms with van der Waals surface area (Å²) >= 11 is 0. The summed E-state index contributed by atoms with van der Waals surface area (Å²) < 4.78 is 1.85.